The highest BCUT2D eigenvalue weighted by atomic mass is 16.5. The van der Waals surface area contributed by atoms with Gasteiger partial charge in [-0.05, 0) is 30.2 Å². The molecule has 0 aliphatic rings. The van der Waals surface area contributed by atoms with Crippen molar-refractivity contribution in [2.45, 2.75) is 19.9 Å². The number of methoxy groups -OCH3 is 3. The number of hydrogen-bond acceptors (Lipinski definition) is 6. The molecular weight excluding hydrogens is 386 g/mol. The van der Waals surface area contributed by atoms with Gasteiger partial charge in [0.15, 0.2) is 11.5 Å². The Morgan fingerprint density at radius 1 is 0.967 bits per heavy atom. The van der Waals surface area contributed by atoms with E-state index in [1.807, 2.05) is 19.9 Å². The molecule has 0 aliphatic carbocycles. The zero-order chi connectivity index (χ0) is 22.1. The lowest BCUT2D eigenvalue weighted by molar-refractivity contribution is -0.123. The molecule has 0 spiro atoms. The zero-order valence-corrected chi connectivity index (χ0v) is 17.8. The fourth-order valence-corrected chi connectivity index (χ4v) is 2.76. The van der Waals surface area contributed by atoms with Crippen LogP contribution in [-0.2, 0) is 4.79 Å². The molecule has 0 saturated heterocycles. The van der Waals surface area contributed by atoms with E-state index in [1.54, 1.807) is 36.4 Å². The van der Waals surface area contributed by atoms with Crippen LogP contribution in [0, 0.1) is 5.92 Å². The van der Waals surface area contributed by atoms with E-state index in [9.17, 15) is 9.59 Å². The van der Waals surface area contributed by atoms with Crippen LogP contribution in [-0.4, -0.2) is 45.4 Å². The van der Waals surface area contributed by atoms with E-state index >= 15 is 0 Å². The maximum atomic E-state index is 12.6. The molecule has 2 rings (SSSR count). The molecule has 1 unspecified atom stereocenters. The average molecular weight is 413 g/mol. The lowest BCUT2D eigenvalue weighted by Crippen LogP contribution is -2.48. The van der Waals surface area contributed by atoms with Crippen LogP contribution in [0.3, 0.4) is 0 Å². The summed E-state index contributed by atoms with van der Waals surface area (Å²) < 4.78 is 15.9. The summed E-state index contributed by atoms with van der Waals surface area (Å²) in [5.74, 6) is 0.536. The van der Waals surface area contributed by atoms with Gasteiger partial charge in [0.05, 0.1) is 27.5 Å². The second kappa shape index (κ2) is 10.8. The first-order chi connectivity index (χ1) is 14.4. The van der Waals surface area contributed by atoms with Gasteiger partial charge in [-0.3, -0.25) is 9.59 Å². The van der Waals surface area contributed by atoms with Crippen molar-refractivity contribution in [2.24, 2.45) is 11.0 Å². The smallest absolute Gasteiger partial charge is 0.262 e. The molecule has 2 aromatic rings. The van der Waals surface area contributed by atoms with Crippen LogP contribution >= 0.6 is 0 Å². The van der Waals surface area contributed by atoms with Crippen molar-refractivity contribution in [1.82, 2.24) is 10.7 Å². The third kappa shape index (κ3) is 5.73. The quantitative estimate of drug-likeness (QED) is 0.486. The molecule has 8 nitrogen and oxygen atoms in total. The molecule has 0 aromatic heterocycles. The van der Waals surface area contributed by atoms with Crippen LogP contribution in [0.15, 0.2) is 47.6 Å². The van der Waals surface area contributed by atoms with Crippen molar-refractivity contribution < 1.29 is 23.8 Å². The van der Waals surface area contributed by atoms with Crippen LogP contribution in [0.4, 0.5) is 0 Å². The molecule has 0 fully saturated rings. The number of hydrazone groups is 1. The van der Waals surface area contributed by atoms with Crippen molar-refractivity contribution in [3.05, 3.63) is 53.6 Å². The van der Waals surface area contributed by atoms with E-state index in [0.29, 0.717) is 28.4 Å². The minimum absolute atomic E-state index is 0.131. The monoisotopic (exact) mass is 413 g/mol. The molecule has 2 N–H and O–H groups in total. The fourth-order valence-electron chi connectivity index (χ4n) is 2.76. The zero-order valence-electron chi connectivity index (χ0n) is 17.8. The van der Waals surface area contributed by atoms with E-state index in [2.05, 4.69) is 15.8 Å². The average Bonchev–Trinajstić information content (AvgIpc) is 2.76. The molecular formula is C22H27N3O5. The molecule has 1 atom stereocenters. The minimum Gasteiger partial charge on any atom is -0.493 e. The van der Waals surface area contributed by atoms with Gasteiger partial charge in [0, 0.05) is 11.1 Å². The normalized spacial score (nSPS) is 11.8. The maximum Gasteiger partial charge on any atom is 0.262 e. The lowest BCUT2D eigenvalue weighted by Gasteiger charge is -2.20. The summed E-state index contributed by atoms with van der Waals surface area (Å²) in [5, 5.41) is 6.75. The summed E-state index contributed by atoms with van der Waals surface area (Å²) in [7, 11) is 4.55. The second-order valence-corrected chi connectivity index (χ2v) is 6.75. The Labute approximate surface area is 176 Å². The first-order valence-electron chi connectivity index (χ1n) is 9.40. The van der Waals surface area contributed by atoms with Crippen LogP contribution in [0.2, 0.25) is 0 Å². The van der Waals surface area contributed by atoms with Gasteiger partial charge >= 0.3 is 0 Å². The van der Waals surface area contributed by atoms with Crippen molar-refractivity contribution in [3.8, 4) is 17.2 Å². The Morgan fingerprint density at radius 2 is 1.57 bits per heavy atom. The molecule has 8 heteroatoms. The second-order valence-electron chi connectivity index (χ2n) is 6.75. The van der Waals surface area contributed by atoms with E-state index in [0.717, 1.165) is 0 Å². The molecule has 0 aliphatic heterocycles. The van der Waals surface area contributed by atoms with Crippen LogP contribution in [0.5, 0.6) is 17.2 Å². The topological polar surface area (TPSA) is 98.2 Å². The third-order valence-corrected chi connectivity index (χ3v) is 4.35. The number of carbonyl (C=O) groups is 2. The molecule has 2 amide bonds. The van der Waals surface area contributed by atoms with E-state index in [-0.39, 0.29) is 11.8 Å². The van der Waals surface area contributed by atoms with Crippen LogP contribution in [0.1, 0.15) is 29.8 Å². The van der Waals surface area contributed by atoms with Crippen LogP contribution < -0.4 is 25.0 Å². The fraction of sp³-hybridized carbons (Fsp3) is 0.318. The van der Waals surface area contributed by atoms with Crippen LogP contribution in [0.25, 0.3) is 0 Å². The third-order valence-electron chi connectivity index (χ3n) is 4.35. The first kappa shape index (κ1) is 22.7. The van der Waals surface area contributed by atoms with Gasteiger partial charge in [-0.25, -0.2) is 5.43 Å². The molecule has 0 saturated carbocycles. The molecule has 2 aromatic carbocycles. The molecule has 0 bridgehead atoms. The van der Waals surface area contributed by atoms with Gasteiger partial charge in [0.25, 0.3) is 11.8 Å². The summed E-state index contributed by atoms with van der Waals surface area (Å²) in [6, 6.07) is 11.4. The predicted molar refractivity (Wildman–Crippen MR) is 114 cm³/mol. The summed E-state index contributed by atoms with van der Waals surface area (Å²) in [6.07, 6.45) is 1.46. The highest BCUT2D eigenvalue weighted by Gasteiger charge is 2.24. The summed E-state index contributed by atoms with van der Waals surface area (Å²) in [5.41, 5.74) is 3.60. The van der Waals surface area contributed by atoms with Crippen molar-refractivity contribution in [2.75, 3.05) is 21.3 Å². The lowest BCUT2D eigenvalue weighted by atomic mass is 10.0. The van der Waals surface area contributed by atoms with E-state index in [4.69, 9.17) is 14.2 Å². The number of carbonyl (C=O) groups excluding carboxylic acids is 2. The number of nitrogens with zero attached hydrogens (tertiary/aromatic N) is 1. The Hall–Kier alpha value is -3.55. The predicted octanol–water partition coefficient (Wildman–Crippen LogP) is 2.62. The highest BCUT2D eigenvalue weighted by Crippen LogP contribution is 2.37. The van der Waals surface area contributed by atoms with Crippen molar-refractivity contribution in [1.29, 1.82) is 0 Å². The first-order valence-corrected chi connectivity index (χ1v) is 9.40. The number of ether oxygens (including phenoxy) is 3. The molecule has 0 radical (unpaired) electrons. The number of nitrogens with one attached hydrogen (secondary N) is 2. The van der Waals surface area contributed by atoms with Gasteiger partial charge in [0.1, 0.15) is 6.04 Å². The van der Waals surface area contributed by atoms with Crippen molar-refractivity contribution >= 4 is 18.0 Å². The molecule has 160 valence electrons. The molecule has 0 heterocycles. The van der Waals surface area contributed by atoms with E-state index < -0.39 is 11.9 Å². The standard InChI is InChI=1S/C22H27N3O5/c1-14(2)19(24-21(26)16-9-7-6-8-10-16)22(27)25-23-13-15-11-17(28-3)20(30-5)18(12-15)29-4/h6-14,19H,1-5H3,(H,24,26)(H,25,27)/b23-13+. The number of amides is 2. The Morgan fingerprint density at radius 3 is 2.07 bits per heavy atom. The largest absolute Gasteiger partial charge is 0.493 e. The summed E-state index contributed by atoms with van der Waals surface area (Å²) in [4.78, 5) is 25.0. The molecule has 30 heavy (non-hydrogen) atoms. The number of hydrogen-bond donors (Lipinski definition) is 2. The van der Waals surface area contributed by atoms with Gasteiger partial charge in [-0.2, -0.15) is 5.10 Å². The van der Waals surface area contributed by atoms with Gasteiger partial charge in [-0.15, -0.1) is 0 Å². The van der Waals surface area contributed by atoms with Gasteiger partial charge < -0.3 is 19.5 Å². The van der Waals surface area contributed by atoms with E-state index in [1.165, 1.54) is 27.5 Å². The maximum absolute atomic E-state index is 12.6. The number of benzene rings is 2. The minimum atomic E-state index is -0.741. The highest BCUT2D eigenvalue weighted by molar-refractivity contribution is 5.97. The van der Waals surface area contributed by atoms with Gasteiger partial charge in [0.2, 0.25) is 5.75 Å². The summed E-state index contributed by atoms with van der Waals surface area (Å²) >= 11 is 0. The Kier molecular flexibility index (Phi) is 8.22. The van der Waals surface area contributed by atoms with Gasteiger partial charge in [-0.1, -0.05) is 32.0 Å². The van der Waals surface area contributed by atoms with Crippen molar-refractivity contribution in [3.63, 3.8) is 0 Å². The SMILES string of the molecule is COc1cc(/C=N/NC(=O)C(NC(=O)c2ccccc2)C(C)C)cc(OC)c1OC. The number of rotatable bonds is 9. The summed E-state index contributed by atoms with van der Waals surface area (Å²) in [6.45, 7) is 3.69. The Bertz CT molecular complexity index is 872. The Balaban J connectivity index is 2.10.